The Hall–Kier alpha value is -3.09. The minimum absolute atomic E-state index is 0.140. The first-order valence-corrected chi connectivity index (χ1v) is 6.48. The van der Waals surface area contributed by atoms with E-state index in [2.05, 4.69) is 0 Å². The van der Waals surface area contributed by atoms with Crippen molar-refractivity contribution >= 4 is 5.97 Å². The fourth-order valence-corrected chi connectivity index (χ4v) is 2.09. The summed E-state index contributed by atoms with van der Waals surface area (Å²) in [7, 11) is 0. The molecule has 0 fully saturated rings. The van der Waals surface area contributed by atoms with E-state index in [1.54, 1.807) is 30.3 Å². The van der Waals surface area contributed by atoms with Crippen LogP contribution in [0.1, 0.15) is 10.4 Å². The third kappa shape index (κ3) is 2.22. The number of benzene rings is 2. The highest BCUT2D eigenvalue weighted by Gasteiger charge is 2.19. The second-order valence-corrected chi connectivity index (χ2v) is 4.54. The van der Waals surface area contributed by atoms with Gasteiger partial charge in [-0.3, -0.25) is 4.89 Å². The van der Waals surface area contributed by atoms with E-state index in [0.717, 1.165) is 0 Å². The quantitative estimate of drug-likeness (QED) is 0.636. The van der Waals surface area contributed by atoms with E-state index in [1.165, 1.54) is 6.07 Å². The van der Waals surface area contributed by atoms with Gasteiger partial charge in [-0.2, -0.15) is 0 Å². The van der Waals surface area contributed by atoms with Crippen LogP contribution in [0.3, 0.4) is 0 Å². The van der Waals surface area contributed by atoms with Crippen molar-refractivity contribution in [3.63, 3.8) is 0 Å². The summed E-state index contributed by atoms with van der Waals surface area (Å²) in [6, 6.07) is 9.60. The lowest BCUT2D eigenvalue weighted by Crippen LogP contribution is -2.08. The molecule has 0 amide bonds. The zero-order chi connectivity index (χ0) is 14.9. The van der Waals surface area contributed by atoms with Gasteiger partial charge in [0.05, 0.1) is 5.56 Å². The first-order valence-electron chi connectivity index (χ1n) is 6.48. The molecule has 2 aliphatic heterocycles. The van der Waals surface area contributed by atoms with Gasteiger partial charge in [-0.25, -0.2) is 9.68 Å². The van der Waals surface area contributed by atoms with Gasteiger partial charge in [0.15, 0.2) is 28.7 Å². The predicted octanol–water partition coefficient (Wildman–Crippen LogP) is 2.29. The SMILES string of the molecule is O=C(OOc1ccc2c(c1)OCO2)c1ccc2c(c1)OCO2. The zero-order valence-corrected chi connectivity index (χ0v) is 11.2. The molecule has 7 heteroatoms. The number of carbonyl (C=O) groups excluding carboxylic acids is 1. The topological polar surface area (TPSA) is 72.5 Å². The number of hydrogen-bond donors (Lipinski definition) is 0. The molecule has 0 aliphatic carbocycles. The maximum atomic E-state index is 12.0. The molecule has 0 saturated heterocycles. The lowest BCUT2D eigenvalue weighted by Gasteiger charge is -2.05. The Labute approximate surface area is 124 Å². The van der Waals surface area contributed by atoms with Crippen molar-refractivity contribution < 1.29 is 33.5 Å². The van der Waals surface area contributed by atoms with Crippen molar-refractivity contribution in [2.45, 2.75) is 0 Å². The van der Waals surface area contributed by atoms with Gasteiger partial charge in [0.25, 0.3) is 0 Å². The molecule has 4 rings (SSSR count). The Balaban J connectivity index is 1.44. The normalized spacial score (nSPS) is 13.8. The van der Waals surface area contributed by atoms with Crippen molar-refractivity contribution in [3.8, 4) is 28.7 Å². The zero-order valence-electron chi connectivity index (χ0n) is 11.2. The number of hydrogen-bond acceptors (Lipinski definition) is 7. The highest BCUT2D eigenvalue weighted by Crippen LogP contribution is 2.35. The second-order valence-electron chi connectivity index (χ2n) is 4.54. The molecule has 112 valence electrons. The molecular weight excluding hydrogens is 292 g/mol. The first kappa shape index (κ1) is 12.6. The van der Waals surface area contributed by atoms with Crippen molar-refractivity contribution in [1.82, 2.24) is 0 Å². The summed E-state index contributed by atoms with van der Waals surface area (Å²) < 4.78 is 20.8. The highest BCUT2D eigenvalue weighted by molar-refractivity contribution is 5.90. The molecular formula is C15H10O7. The predicted molar refractivity (Wildman–Crippen MR) is 71.2 cm³/mol. The summed E-state index contributed by atoms with van der Waals surface area (Å²) in [6.07, 6.45) is 0. The summed E-state index contributed by atoms with van der Waals surface area (Å²) in [5.41, 5.74) is 0.296. The van der Waals surface area contributed by atoms with Crippen LogP contribution in [0.15, 0.2) is 36.4 Å². The molecule has 7 nitrogen and oxygen atoms in total. The first-order chi connectivity index (χ1) is 10.8. The smallest absolute Gasteiger partial charge is 0.386 e. The van der Waals surface area contributed by atoms with Gasteiger partial charge in [-0.05, 0) is 30.3 Å². The Bertz CT molecular complexity index is 741. The van der Waals surface area contributed by atoms with Crippen LogP contribution in [-0.2, 0) is 4.89 Å². The lowest BCUT2D eigenvalue weighted by atomic mass is 10.2. The van der Waals surface area contributed by atoms with E-state index in [9.17, 15) is 4.79 Å². The third-order valence-corrected chi connectivity index (χ3v) is 3.17. The Kier molecular flexibility index (Phi) is 2.89. The second kappa shape index (κ2) is 5.03. The summed E-state index contributed by atoms with van der Waals surface area (Å²) in [6.45, 7) is 0.303. The minimum atomic E-state index is -0.643. The van der Waals surface area contributed by atoms with Crippen molar-refractivity contribution in [2.24, 2.45) is 0 Å². The van der Waals surface area contributed by atoms with E-state index in [-0.39, 0.29) is 13.6 Å². The molecule has 2 aromatic carbocycles. The lowest BCUT2D eigenvalue weighted by molar-refractivity contribution is -0.149. The molecule has 2 aromatic rings. The summed E-state index contributed by atoms with van der Waals surface area (Å²) >= 11 is 0. The molecule has 0 aromatic heterocycles. The Morgan fingerprint density at radius 3 is 2.23 bits per heavy atom. The molecule has 0 radical (unpaired) electrons. The maximum Gasteiger partial charge on any atom is 0.386 e. The molecule has 0 bridgehead atoms. The molecule has 0 saturated carbocycles. The average molecular weight is 302 g/mol. The van der Waals surface area contributed by atoms with E-state index < -0.39 is 5.97 Å². The highest BCUT2D eigenvalue weighted by atomic mass is 17.2. The summed E-state index contributed by atoms with van der Waals surface area (Å²) in [4.78, 5) is 21.8. The van der Waals surface area contributed by atoms with E-state index in [4.69, 9.17) is 28.7 Å². The molecule has 22 heavy (non-hydrogen) atoms. The van der Waals surface area contributed by atoms with Crippen molar-refractivity contribution in [1.29, 1.82) is 0 Å². The van der Waals surface area contributed by atoms with Gasteiger partial charge in [0.2, 0.25) is 13.6 Å². The van der Waals surface area contributed by atoms with Crippen LogP contribution in [0, 0.1) is 0 Å². The van der Waals surface area contributed by atoms with Crippen LogP contribution < -0.4 is 23.8 Å². The Morgan fingerprint density at radius 1 is 0.818 bits per heavy atom. The number of rotatable bonds is 3. The Morgan fingerprint density at radius 2 is 1.45 bits per heavy atom. The van der Waals surface area contributed by atoms with Crippen LogP contribution in [0.5, 0.6) is 28.7 Å². The van der Waals surface area contributed by atoms with Gasteiger partial charge in [-0.15, -0.1) is 0 Å². The number of ether oxygens (including phenoxy) is 4. The monoisotopic (exact) mass is 302 g/mol. The largest absolute Gasteiger partial charge is 0.454 e. The molecule has 0 spiro atoms. The van der Waals surface area contributed by atoms with Crippen LogP contribution in [-0.4, -0.2) is 19.6 Å². The van der Waals surface area contributed by atoms with Crippen LogP contribution >= 0.6 is 0 Å². The van der Waals surface area contributed by atoms with Gasteiger partial charge in [-0.1, -0.05) is 0 Å². The van der Waals surface area contributed by atoms with Crippen molar-refractivity contribution in [3.05, 3.63) is 42.0 Å². The molecule has 2 heterocycles. The molecule has 2 aliphatic rings. The summed E-state index contributed by atoms with van der Waals surface area (Å²) in [5.74, 6) is 1.94. The molecule has 0 atom stereocenters. The van der Waals surface area contributed by atoms with Crippen LogP contribution in [0.25, 0.3) is 0 Å². The third-order valence-electron chi connectivity index (χ3n) is 3.17. The van der Waals surface area contributed by atoms with E-state index in [0.29, 0.717) is 34.3 Å². The van der Waals surface area contributed by atoms with Gasteiger partial charge in [0.1, 0.15) is 0 Å². The van der Waals surface area contributed by atoms with Gasteiger partial charge < -0.3 is 18.9 Å². The molecule has 0 N–H and O–H groups in total. The number of carbonyl (C=O) groups is 1. The summed E-state index contributed by atoms with van der Waals surface area (Å²) in [5, 5.41) is 0. The van der Waals surface area contributed by atoms with Crippen LogP contribution in [0.2, 0.25) is 0 Å². The van der Waals surface area contributed by atoms with E-state index >= 15 is 0 Å². The van der Waals surface area contributed by atoms with Gasteiger partial charge >= 0.3 is 5.97 Å². The maximum absolute atomic E-state index is 12.0. The van der Waals surface area contributed by atoms with Crippen molar-refractivity contribution in [2.75, 3.05) is 13.6 Å². The minimum Gasteiger partial charge on any atom is -0.454 e. The van der Waals surface area contributed by atoms with E-state index in [1.807, 2.05) is 0 Å². The average Bonchev–Trinajstić information content (AvgIpc) is 3.19. The van der Waals surface area contributed by atoms with Gasteiger partial charge in [0, 0.05) is 6.07 Å². The fraction of sp³-hybridized carbons (Fsp3) is 0.133. The fourth-order valence-electron chi connectivity index (χ4n) is 2.09. The van der Waals surface area contributed by atoms with Crippen LogP contribution in [0.4, 0.5) is 0 Å². The standard InChI is InChI=1S/C15H10O7/c16-15(9-1-3-11-13(5-9)19-7-17-11)22-21-10-2-4-12-14(6-10)20-8-18-12/h1-6H,7-8H2. The molecule has 0 unspecified atom stereocenters. The number of fused-ring (bicyclic) bond motifs is 2.